The molecule has 162 valence electrons. The molecule has 0 saturated heterocycles. The van der Waals surface area contributed by atoms with Gasteiger partial charge in [0.15, 0.2) is 0 Å². The van der Waals surface area contributed by atoms with Crippen LogP contribution in [0.3, 0.4) is 0 Å². The molecule has 0 aliphatic heterocycles. The van der Waals surface area contributed by atoms with Crippen LogP contribution < -0.4 is 11.5 Å². The molecular weight excluding hydrogens is 407 g/mol. The van der Waals surface area contributed by atoms with E-state index < -0.39 is 30.1 Å². The lowest BCUT2D eigenvalue weighted by Gasteiger charge is -2.22. The molecule has 3 aromatic rings. The Bertz CT molecular complexity index is 981. The third kappa shape index (κ3) is 7.50. The third-order valence-corrected chi connectivity index (χ3v) is 4.12. The first kappa shape index (κ1) is 23.5. The van der Waals surface area contributed by atoms with Crippen molar-refractivity contribution in [1.29, 1.82) is 0 Å². The number of hydrogen-bond acceptors (Lipinski definition) is 3. The lowest BCUT2D eigenvalue weighted by Crippen LogP contribution is -2.38. The number of amides is 2. The Morgan fingerprint density at radius 1 is 0.839 bits per heavy atom. The zero-order valence-corrected chi connectivity index (χ0v) is 16.5. The first-order valence-electron chi connectivity index (χ1n) is 9.26. The Kier molecular flexibility index (Phi) is 8.19. The maximum atomic E-state index is 12.8. The van der Waals surface area contributed by atoms with E-state index >= 15 is 0 Å². The van der Waals surface area contributed by atoms with E-state index in [0.717, 1.165) is 17.0 Å². The summed E-state index contributed by atoms with van der Waals surface area (Å²) in [6, 6.07) is 22.7. The standard InChI is InChI=1S/C17H16F3N3O2.C6H6/c18-17(19,20)12-5-3-4-11(8-12)9-23(10-15(22)24)16(25)13-6-1-2-7-14(13)21;1-2-4-6-5-3-1/h1-8H,9-10,21H2,(H2,22,24);1-6H. The van der Waals surface area contributed by atoms with E-state index in [1.165, 1.54) is 24.3 Å². The molecule has 0 unspecified atom stereocenters. The smallest absolute Gasteiger partial charge is 0.398 e. The molecule has 0 saturated carbocycles. The van der Waals surface area contributed by atoms with Crippen molar-refractivity contribution in [3.63, 3.8) is 0 Å². The first-order chi connectivity index (χ1) is 14.7. The first-order valence-corrected chi connectivity index (χ1v) is 9.26. The lowest BCUT2D eigenvalue weighted by atomic mass is 10.1. The molecule has 0 aliphatic carbocycles. The molecule has 8 heteroatoms. The number of benzene rings is 3. The van der Waals surface area contributed by atoms with Crippen molar-refractivity contribution in [2.75, 3.05) is 12.3 Å². The van der Waals surface area contributed by atoms with Crippen molar-refractivity contribution in [3.05, 3.63) is 102 Å². The second-order valence-electron chi connectivity index (χ2n) is 6.57. The molecule has 0 radical (unpaired) electrons. The fourth-order valence-corrected chi connectivity index (χ4v) is 2.70. The highest BCUT2D eigenvalue weighted by molar-refractivity contribution is 6.00. The van der Waals surface area contributed by atoms with Crippen LogP contribution in [0.1, 0.15) is 21.5 Å². The molecule has 31 heavy (non-hydrogen) atoms. The predicted molar refractivity (Wildman–Crippen MR) is 113 cm³/mol. The number of carbonyl (C=O) groups excluding carboxylic acids is 2. The van der Waals surface area contributed by atoms with Gasteiger partial charge in [-0.2, -0.15) is 13.2 Å². The van der Waals surface area contributed by atoms with Crippen LogP contribution in [0.4, 0.5) is 18.9 Å². The van der Waals surface area contributed by atoms with E-state index in [1.807, 2.05) is 36.4 Å². The second-order valence-corrected chi connectivity index (χ2v) is 6.57. The van der Waals surface area contributed by atoms with Gasteiger partial charge >= 0.3 is 6.18 Å². The Morgan fingerprint density at radius 2 is 1.42 bits per heavy atom. The van der Waals surface area contributed by atoms with E-state index in [9.17, 15) is 22.8 Å². The quantitative estimate of drug-likeness (QED) is 0.599. The Labute approximate surface area is 178 Å². The van der Waals surface area contributed by atoms with Crippen LogP contribution in [-0.4, -0.2) is 23.3 Å². The number of carbonyl (C=O) groups is 2. The van der Waals surface area contributed by atoms with Crippen LogP contribution in [0.2, 0.25) is 0 Å². The van der Waals surface area contributed by atoms with Crippen LogP contribution >= 0.6 is 0 Å². The largest absolute Gasteiger partial charge is 0.416 e. The molecule has 0 atom stereocenters. The van der Waals surface area contributed by atoms with Crippen molar-refractivity contribution in [2.24, 2.45) is 5.73 Å². The summed E-state index contributed by atoms with van der Waals surface area (Å²) in [5, 5.41) is 0. The number of primary amides is 1. The van der Waals surface area contributed by atoms with Gasteiger partial charge in [-0.3, -0.25) is 9.59 Å². The summed E-state index contributed by atoms with van der Waals surface area (Å²) in [7, 11) is 0. The van der Waals surface area contributed by atoms with Crippen LogP contribution in [0.15, 0.2) is 84.9 Å². The normalized spacial score (nSPS) is 10.5. The Hall–Kier alpha value is -3.81. The number of alkyl halides is 3. The predicted octanol–water partition coefficient (Wildman–Crippen LogP) is 4.10. The zero-order chi connectivity index (χ0) is 22.9. The van der Waals surface area contributed by atoms with Gasteiger partial charge in [0.2, 0.25) is 5.91 Å². The van der Waals surface area contributed by atoms with Crippen molar-refractivity contribution < 1.29 is 22.8 Å². The minimum Gasteiger partial charge on any atom is -0.398 e. The molecule has 2 amide bonds. The van der Waals surface area contributed by atoms with E-state index in [2.05, 4.69) is 0 Å². The lowest BCUT2D eigenvalue weighted by molar-refractivity contribution is -0.137. The number of hydrogen-bond donors (Lipinski definition) is 2. The Balaban J connectivity index is 0.000000488. The van der Waals surface area contributed by atoms with Gasteiger partial charge in [0.05, 0.1) is 17.7 Å². The second kappa shape index (κ2) is 10.8. The minimum atomic E-state index is -4.50. The van der Waals surface area contributed by atoms with Gasteiger partial charge in [-0.15, -0.1) is 0 Å². The maximum Gasteiger partial charge on any atom is 0.416 e. The van der Waals surface area contributed by atoms with Gasteiger partial charge < -0.3 is 16.4 Å². The van der Waals surface area contributed by atoms with Crippen molar-refractivity contribution in [2.45, 2.75) is 12.7 Å². The molecule has 0 heterocycles. The molecular formula is C23H22F3N3O2. The highest BCUT2D eigenvalue weighted by atomic mass is 19.4. The number of para-hydroxylation sites is 1. The highest BCUT2D eigenvalue weighted by Gasteiger charge is 2.30. The van der Waals surface area contributed by atoms with E-state index in [4.69, 9.17) is 11.5 Å². The zero-order valence-electron chi connectivity index (χ0n) is 16.5. The third-order valence-electron chi connectivity index (χ3n) is 4.12. The number of nitrogens with two attached hydrogens (primary N) is 2. The summed E-state index contributed by atoms with van der Waals surface area (Å²) >= 11 is 0. The molecule has 3 rings (SSSR count). The van der Waals surface area contributed by atoms with Gasteiger partial charge in [0, 0.05) is 12.2 Å². The van der Waals surface area contributed by atoms with Crippen molar-refractivity contribution >= 4 is 17.5 Å². The van der Waals surface area contributed by atoms with E-state index in [1.54, 1.807) is 12.1 Å². The summed E-state index contributed by atoms with van der Waals surface area (Å²) in [6.45, 7) is -0.649. The average Bonchev–Trinajstić information content (AvgIpc) is 2.74. The molecule has 0 spiro atoms. The maximum absolute atomic E-state index is 12.8. The van der Waals surface area contributed by atoms with Crippen LogP contribution in [0.5, 0.6) is 0 Å². The highest BCUT2D eigenvalue weighted by Crippen LogP contribution is 2.30. The summed E-state index contributed by atoms with van der Waals surface area (Å²) in [5.74, 6) is -1.37. The van der Waals surface area contributed by atoms with Gasteiger partial charge in [-0.1, -0.05) is 60.7 Å². The van der Waals surface area contributed by atoms with Gasteiger partial charge in [-0.05, 0) is 29.8 Å². The molecule has 4 N–H and O–H groups in total. The average molecular weight is 429 g/mol. The number of rotatable bonds is 5. The van der Waals surface area contributed by atoms with E-state index in [-0.39, 0.29) is 23.4 Å². The number of halogens is 3. The van der Waals surface area contributed by atoms with Gasteiger partial charge in [0.1, 0.15) is 0 Å². The van der Waals surface area contributed by atoms with Crippen LogP contribution in [0.25, 0.3) is 0 Å². The van der Waals surface area contributed by atoms with Gasteiger partial charge in [-0.25, -0.2) is 0 Å². The van der Waals surface area contributed by atoms with Gasteiger partial charge in [0.25, 0.3) is 5.91 Å². The fourth-order valence-electron chi connectivity index (χ4n) is 2.70. The minimum absolute atomic E-state index is 0.149. The number of anilines is 1. The molecule has 0 bridgehead atoms. The topological polar surface area (TPSA) is 89.4 Å². The van der Waals surface area contributed by atoms with Crippen LogP contribution in [-0.2, 0) is 17.5 Å². The summed E-state index contributed by atoms with van der Waals surface area (Å²) in [5.41, 5.74) is 10.6. The summed E-state index contributed by atoms with van der Waals surface area (Å²) in [6.07, 6.45) is -4.50. The number of nitrogen functional groups attached to an aromatic ring is 1. The molecule has 0 aliphatic rings. The molecule has 0 fully saturated rings. The molecule has 0 aromatic heterocycles. The van der Waals surface area contributed by atoms with E-state index in [0.29, 0.717) is 0 Å². The fraction of sp³-hybridized carbons (Fsp3) is 0.130. The van der Waals surface area contributed by atoms with Crippen molar-refractivity contribution in [1.82, 2.24) is 4.90 Å². The monoisotopic (exact) mass is 429 g/mol. The molecule has 3 aromatic carbocycles. The SMILES string of the molecule is NC(=O)CN(Cc1cccc(C(F)(F)F)c1)C(=O)c1ccccc1N.c1ccccc1. The summed E-state index contributed by atoms with van der Waals surface area (Å²) < 4.78 is 38.5. The summed E-state index contributed by atoms with van der Waals surface area (Å²) in [4.78, 5) is 24.9. The van der Waals surface area contributed by atoms with Crippen molar-refractivity contribution in [3.8, 4) is 0 Å². The Morgan fingerprint density at radius 3 is 1.94 bits per heavy atom. The number of nitrogens with zero attached hydrogens (tertiary/aromatic N) is 1. The van der Waals surface area contributed by atoms with Crippen LogP contribution in [0, 0.1) is 0 Å². The molecule has 5 nitrogen and oxygen atoms in total.